The number of hydrogen-bond donors (Lipinski definition) is 3. The van der Waals surface area contributed by atoms with E-state index < -0.39 is 0 Å². The number of carbonyl (C=O) groups excluding carboxylic acids is 1. The largest absolute Gasteiger partial charge is 0.483 e. The van der Waals surface area contributed by atoms with Gasteiger partial charge in [-0.1, -0.05) is 11.6 Å². The van der Waals surface area contributed by atoms with E-state index in [-0.39, 0.29) is 24.5 Å². The number of nitrogens with zero attached hydrogens (tertiary/aromatic N) is 3. The Balaban J connectivity index is 0.00000129. The quantitative estimate of drug-likeness (QED) is 0.511. The van der Waals surface area contributed by atoms with E-state index in [1.165, 1.54) is 12.8 Å². The first-order valence-corrected chi connectivity index (χ1v) is 11.8. The predicted molar refractivity (Wildman–Crippen MR) is 135 cm³/mol. The molecule has 3 rings (SSSR count). The molecule has 1 amide bonds. The van der Waals surface area contributed by atoms with E-state index in [0.29, 0.717) is 28.2 Å². The van der Waals surface area contributed by atoms with Crippen LogP contribution in [0, 0.1) is 6.92 Å². The van der Waals surface area contributed by atoms with Crippen LogP contribution in [0.5, 0.6) is 0 Å². The highest BCUT2D eigenvalue weighted by atomic mass is 35.5. The second kappa shape index (κ2) is 12.6. The number of aromatic nitrogens is 2. The van der Waals surface area contributed by atoms with Gasteiger partial charge in [-0.15, -0.1) is 0 Å². The zero-order chi connectivity index (χ0) is 25.4. The number of carbonyl (C=O) groups is 2. The minimum absolute atomic E-state index is 0.169. The first-order chi connectivity index (χ1) is 16.1. The molecule has 2 aromatic rings. The molecule has 9 nitrogen and oxygen atoms in total. The molecule has 0 spiro atoms. The SMILES string of the molecule is CCN(c1cc(Cl)cc(C(=O)NCc2cn(C)[nH]c2=O)c1C)[C@H]1CC[C@H](N(C)C)CC1.O=CO. The van der Waals surface area contributed by atoms with Gasteiger partial charge in [0.05, 0.1) is 12.1 Å². The Kier molecular flexibility index (Phi) is 10.2. The second-order valence-corrected chi connectivity index (χ2v) is 9.24. The third-order valence-electron chi connectivity index (χ3n) is 6.44. The van der Waals surface area contributed by atoms with Gasteiger partial charge in [0.25, 0.3) is 17.9 Å². The molecule has 0 atom stereocenters. The third kappa shape index (κ3) is 6.87. The summed E-state index contributed by atoms with van der Waals surface area (Å²) in [5, 5.41) is 12.9. The Morgan fingerprint density at radius 3 is 2.35 bits per heavy atom. The van der Waals surface area contributed by atoms with Gasteiger partial charge < -0.3 is 20.2 Å². The number of anilines is 1. The third-order valence-corrected chi connectivity index (χ3v) is 6.65. The van der Waals surface area contributed by atoms with Crippen molar-refractivity contribution in [3.8, 4) is 0 Å². The number of aryl methyl sites for hydroxylation is 1. The monoisotopic (exact) mass is 493 g/mol. The number of nitrogens with one attached hydrogen (secondary N) is 2. The Morgan fingerprint density at radius 1 is 1.26 bits per heavy atom. The number of benzene rings is 1. The number of aromatic amines is 1. The van der Waals surface area contributed by atoms with Crippen molar-refractivity contribution in [2.75, 3.05) is 25.5 Å². The Hall–Kier alpha value is -2.78. The first kappa shape index (κ1) is 27.5. The lowest BCUT2D eigenvalue weighted by molar-refractivity contribution is -0.122. The minimum atomic E-state index is -0.250. The minimum Gasteiger partial charge on any atom is -0.483 e. The first-order valence-electron chi connectivity index (χ1n) is 11.5. The van der Waals surface area contributed by atoms with E-state index in [1.807, 2.05) is 13.0 Å². The van der Waals surface area contributed by atoms with Crippen molar-refractivity contribution >= 4 is 29.7 Å². The van der Waals surface area contributed by atoms with Gasteiger partial charge >= 0.3 is 0 Å². The maximum atomic E-state index is 13.0. The van der Waals surface area contributed by atoms with Crippen LogP contribution >= 0.6 is 11.6 Å². The van der Waals surface area contributed by atoms with E-state index in [9.17, 15) is 9.59 Å². The summed E-state index contributed by atoms with van der Waals surface area (Å²) in [7, 11) is 6.04. The van der Waals surface area contributed by atoms with Crippen molar-refractivity contribution in [2.45, 2.75) is 58.2 Å². The van der Waals surface area contributed by atoms with Gasteiger partial charge in [-0.05, 0) is 71.3 Å². The topological polar surface area (TPSA) is 111 Å². The van der Waals surface area contributed by atoms with E-state index >= 15 is 0 Å². The summed E-state index contributed by atoms with van der Waals surface area (Å²) in [6, 6.07) is 4.76. The van der Waals surface area contributed by atoms with Crippen LogP contribution in [0.15, 0.2) is 23.1 Å². The lowest BCUT2D eigenvalue weighted by atomic mass is 9.89. The average molecular weight is 494 g/mol. The van der Waals surface area contributed by atoms with Crippen LogP contribution in [0.2, 0.25) is 5.02 Å². The highest BCUT2D eigenvalue weighted by molar-refractivity contribution is 6.31. The number of halogens is 1. The van der Waals surface area contributed by atoms with Crippen LogP contribution in [0.4, 0.5) is 5.69 Å². The fraction of sp³-hybridized carbons (Fsp3) is 0.542. The molecule has 3 N–H and O–H groups in total. The van der Waals surface area contributed by atoms with Crippen LogP contribution in [0.1, 0.15) is 54.1 Å². The molecule has 188 valence electrons. The zero-order valence-corrected chi connectivity index (χ0v) is 21.4. The molecule has 0 radical (unpaired) electrons. The summed E-state index contributed by atoms with van der Waals surface area (Å²) in [6.45, 7) is 4.91. The molecule has 0 saturated heterocycles. The molecule has 34 heavy (non-hydrogen) atoms. The highest BCUT2D eigenvalue weighted by Gasteiger charge is 2.28. The summed E-state index contributed by atoms with van der Waals surface area (Å²) in [5.41, 5.74) is 2.81. The highest BCUT2D eigenvalue weighted by Crippen LogP contribution is 2.34. The van der Waals surface area contributed by atoms with Crippen LogP contribution in [-0.4, -0.2) is 64.9 Å². The zero-order valence-electron chi connectivity index (χ0n) is 20.6. The molecular formula is C24H36ClN5O4. The molecule has 10 heteroatoms. The molecule has 0 bridgehead atoms. The fourth-order valence-corrected chi connectivity index (χ4v) is 4.88. The molecule has 0 aliphatic heterocycles. The summed E-state index contributed by atoms with van der Waals surface area (Å²) in [6.07, 6.45) is 6.28. The van der Waals surface area contributed by atoms with E-state index in [2.05, 4.69) is 41.2 Å². The molecule has 1 fully saturated rings. The Bertz CT molecular complexity index is 1020. The standard InChI is InChI=1S/C23H34ClN5O2.CH2O2/c1-6-29(19-9-7-18(8-10-19)27(3)4)21-12-17(24)11-20(15(21)2)23(31)25-13-16-14-28(5)26-22(16)30;2-1-3/h11-12,14,18-19H,6-10,13H2,1-5H3,(H,25,31)(H,26,30);1H,(H,2,3)/t18-,19-;. The predicted octanol–water partition coefficient (Wildman–Crippen LogP) is 3.01. The van der Waals surface area contributed by atoms with Gasteiger partial charge in [0.15, 0.2) is 0 Å². The maximum Gasteiger partial charge on any atom is 0.290 e. The van der Waals surface area contributed by atoms with Gasteiger partial charge in [-0.3, -0.25) is 24.2 Å². The average Bonchev–Trinajstić information content (AvgIpc) is 3.12. The van der Waals surface area contributed by atoms with Gasteiger partial charge in [-0.2, -0.15) is 0 Å². The Morgan fingerprint density at radius 2 is 1.85 bits per heavy atom. The van der Waals surface area contributed by atoms with Crippen LogP contribution in [0.25, 0.3) is 0 Å². The summed E-state index contributed by atoms with van der Waals surface area (Å²) in [4.78, 5) is 37.9. The van der Waals surface area contributed by atoms with Crippen molar-refractivity contribution in [2.24, 2.45) is 7.05 Å². The van der Waals surface area contributed by atoms with Gasteiger partial charge in [-0.25, -0.2) is 0 Å². The smallest absolute Gasteiger partial charge is 0.290 e. The maximum absolute atomic E-state index is 13.0. The molecule has 1 aromatic heterocycles. The molecule has 1 aromatic carbocycles. The van der Waals surface area contributed by atoms with Crippen LogP contribution in [-0.2, 0) is 18.4 Å². The number of amides is 1. The molecule has 0 unspecified atom stereocenters. The Labute approximate surface area is 205 Å². The van der Waals surface area contributed by atoms with Crippen molar-refractivity contribution in [3.05, 3.63) is 50.4 Å². The van der Waals surface area contributed by atoms with Crippen molar-refractivity contribution in [1.82, 2.24) is 20.0 Å². The van der Waals surface area contributed by atoms with Gasteiger partial charge in [0, 0.05) is 48.1 Å². The van der Waals surface area contributed by atoms with Crippen LogP contribution < -0.4 is 15.8 Å². The number of carboxylic acid groups (broad SMARTS) is 1. The van der Waals surface area contributed by atoms with E-state index in [4.69, 9.17) is 21.5 Å². The van der Waals surface area contributed by atoms with Gasteiger partial charge in [0.1, 0.15) is 0 Å². The fourth-order valence-electron chi connectivity index (χ4n) is 4.66. The normalized spacial score (nSPS) is 17.6. The summed E-state index contributed by atoms with van der Waals surface area (Å²) in [5.74, 6) is -0.225. The lowest BCUT2D eigenvalue weighted by Crippen LogP contribution is -2.42. The van der Waals surface area contributed by atoms with Crippen molar-refractivity contribution in [1.29, 1.82) is 0 Å². The number of hydrogen-bond acceptors (Lipinski definition) is 5. The summed E-state index contributed by atoms with van der Waals surface area (Å²) < 4.78 is 1.58. The lowest BCUT2D eigenvalue weighted by Gasteiger charge is -2.40. The van der Waals surface area contributed by atoms with E-state index in [0.717, 1.165) is 30.6 Å². The number of H-pyrrole nitrogens is 1. The van der Waals surface area contributed by atoms with Crippen molar-refractivity contribution in [3.63, 3.8) is 0 Å². The molecule has 1 aliphatic carbocycles. The molecule has 1 aliphatic rings. The summed E-state index contributed by atoms with van der Waals surface area (Å²) >= 11 is 6.44. The molecule has 1 heterocycles. The van der Waals surface area contributed by atoms with Crippen molar-refractivity contribution < 1.29 is 14.7 Å². The van der Waals surface area contributed by atoms with E-state index in [1.54, 1.807) is 24.0 Å². The molecule has 1 saturated carbocycles. The molecular weight excluding hydrogens is 458 g/mol. The van der Waals surface area contributed by atoms with Gasteiger partial charge in [0.2, 0.25) is 0 Å². The van der Waals surface area contributed by atoms with Crippen LogP contribution in [0.3, 0.4) is 0 Å². The second-order valence-electron chi connectivity index (χ2n) is 8.80. The number of rotatable bonds is 7.